The standard InChI is InChI=1S/C22H28N6O3/c1-2-10-28-15-23-20-19(24-22(25-21(20)28)27-11-3-4-12-27)16-7-5-8-17(14-16)31-13-6-9-18(29)26-30/h5,7-8,14-15,30H,2-4,6,9-13H2,1H3,(H,26,29). The van der Waals surface area contributed by atoms with Gasteiger partial charge in [-0.25, -0.2) is 15.4 Å². The number of imidazole rings is 1. The van der Waals surface area contributed by atoms with E-state index in [1.807, 2.05) is 30.6 Å². The van der Waals surface area contributed by atoms with E-state index in [4.69, 9.17) is 19.9 Å². The van der Waals surface area contributed by atoms with Crippen LogP contribution in [0.5, 0.6) is 5.75 Å². The number of aryl methyl sites for hydroxylation is 1. The first kappa shape index (κ1) is 21.0. The van der Waals surface area contributed by atoms with Gasteiger partial charge in [-0.1, -0.05) is 19.1 Å². The molecule has 0 saturated carbocycles. The normalized spacial score (nSPS) is 13.7. The molecule has 0 atom stereocenters. The Labute approximate surface area is 181 Å². The molecular formula is C22H28N6O3. The van der Waals surface area contributed by atoms with Gasteiger partial charge in [-0.15, -0.1) is 0 Å². The number of hydrogen-bond acceptors (Lipinski definition) is 7. The summed E-state index contributed by atoms with van der Waals surface area (Å²) in [5, 5.41) is 8.57. The summed E-state index contributed by atoms with van der Waals surface area (Å²) in [7, 11) is 0. The van der Waals surface area contributed by atoms with Gasteiger partial charge in [0.05, 0.1) is 12.9 Å². The maximum absolute atomic E-state index is 11.1. The minimum atomic E-state index is -0.419. The number of amides is 1. The molecule has 0 spiro atoms. The monoisotopic (exact) mass is 424 g/mol. The number of nitrogens with zero attached hydrogens (tertiary/aromatic N) is 5. The molecule has 0 unspecified atom stereocenters. The number of carbonyl (C=O) groups excluding carboxylic acids is 1. The van der Waals surface area contributed by atoms with Crippen LogP contribution in [0, 0.1) is 0 Å². The maximum atomic E-state index is 11.1. The van der Waals surface area contributed by atoms with E-state index >= 15 is 0 Å². The molecule has 31 heavy (non-hydrogen) atoms. The van der Waals surface area contributed by atoms with E-state index in [1.165, 1.54) is 0 Å². The number of nitrogens with one attached hydrogen (secondary N) is 1. The summed E-state index contributed by atoms with van der Waals surface area (Å²) in [4.78, 5) is 27.7. The summed E-state index contributed by atoms with van der Waals surface area (Å²) >= 11 is 0. The van der Waals surface area contributed by atoms with Crippen molar-refractivity contribution in [2.75, 3.05) is 24.6 Å². The summed E-state index contributed by atoms with van der Waals surface area (Å²) in [6.07, 6.45) is 5.87. The van der Waals surface area contributed by atoms with E-state index < -0.39 is 5.91 Å². The van der Waals surface area contributed by atoms with E-state index in [9.17, 15) is 4.79 Å². The third-order valence-corrected chi connectivity index (χ3v) is 5.35. The van der Waals surface area contributed by atoms with E-state index in [1.54, 1.807) is 5.48 Å². The van der Waals surface area contributed by atoms with Gasteiger partial charge in [-0.3, -0.25) is 10.0 Å². The molecule has 4 rings (SSSR count). The summed E-state index contributed by atoms with van der Waals surface area (Å²) in [6, 6.07) is 7.75. The highest BCUT2D eigenvalue weighted by Gasteiger charge is 2.20. The van der Waals surface area contributed by atoms with Crippen LogP contribution in [-0.2, 0) is 11.3 Å². The number of hydrogen-bond donors (Lipinski definition) is 2. The molecule has 1 amide bonds. The van der Waals surface area contributed by atoms with E-state index in [-0.39, 0.29) is 6.42 Å². The second-order valence-electron chi connectivity index (χ2n) is 7.69. The Morgan fingerprint density at radius 2 is 2.10 bits per heavy atom. The summed E-state index contributed by atoms with van der Waals surface area (Å²) in [5.74, 6) is 1.03. The largest absolute Gasteiger partial charge is 0.494 e. The van der Waals surface area contributed by atoms with Crippen LogP contribution in [0.25, 0.3) is 22.4 Å². The minimum Gasteiger partial charge on any atom is -0.494 e. The fraction of sp³-hybridized carbons (Fsp3) is 0.455. The minimum absolute atomic E-state index is 0.205. The van der Waals surface area contributed by atoms with Crippen molar-refractivity contribution in [3.63, 3.8) is 0 Å². The molecule has 1 aromatic carbocycles. The summed E-state index contributed by atoms with van der Waals surface area (Å²) < 4.78 is 7.90. The molecular weight excluding hydrogens is 396 g/mol. The lowest BCUT2D eigenvalue weighted by molar-refractivity contribution is -0.129. The first-order chi connectivity index (χ1) is 15.2. The number of hydroxylamine groups is 1. The molecule has 1 aliphatic rings. The van der Waals surface area contributed by atoms with Crippen LogP contribution in [0.15, 0.2) is 30.6 Å². The SMILES string of the molecule is CCCn1cnc2c(-c3cccc(OCCCC(=O)NO)c3)nc(N3CCCC3)nc21. The topological polar surface area (TPSA) is 105 Å². The fourth-order valence-electron chi connectivity index (χ4n) is 3.81. The van der Waals surface area contributed by atoms with Crippen LogP contribution in [0.3, 0.4) is 0 Å². The van der Waals surface area contributed by atoms with Crippen molar-refractivity contribution in [3.8, 4) is 17.0 Å². The first-order valence-corrected chi connectivity index (χ1v) is 10.8. The smallest absolute Gasteiger partial charge is 0.243 e. The van der Waals surface area contributed by atoms with Crippen molar-refractivity contribution in [1.82, 2.24) is 25.0 Å². The molecule has 9 heteroatoms. The van der Waals surface area contributed by atoms with Gasteiger partial charge in [-0.05, 0) is 37.8 Å². The molecule has 1 aliphatic heterocycles. The van der Waals surface area contributed by atoms with Gasteiger partial charge in [0, 0.05) is 31.6 Å². The van der Waals surface area contributed by atoms with E-state index in [0.29, 0.717) is 18.8 Å². The zero-order valence-electron chi connectivity index (χ0n) is 17.8. The Hall–Kier alpha value is -3.20. The summed E-state index contributed by atoms with van der Waals surface area (Å²) in [5.41, 5.74) is 4.99. The second kappa shape index (κ2) is 9.74. The van der Waals surface area contributed by atoms with Crippen molar-refractivity contribution in [2.45, 2.75) is 45.6 Å². The van der Waals surface area contributed by atoms with Gasteiger partial charge in [0.25, 0.3) is 0 Å². The summed E-state index contributed by atoms with van der Waals surface area (Å²) in [6.45, 7) is 5.31. The number of ether oxygens (including phenoxy) is 1. The number of rotatable bonds is 9. The number of aromatic nitrogens is 4. The molecule has 164 valence electrons. The van der Waals surface area contributed by atoms with Crippen molar-refractivity contribution in [3.05, 3.63) is 30.6 Å². The van der Waals surface area contributed by atoms with E-state index in [0.717, 1.165) is 67.3 Å². The predicted octanol–water partition coefficient (Wildman–Crippen LogP) is 3.17. The predicted molar refractivity (Wildman–Crippen MR) is 117 cm³/mol. The number of benzene rings is 1. The lowest BCUT2D eigenvalue weighted by Crippen LogP contribution is -2.21. The third kappa shape index (κ3) is 4.77. The van der Waals surface area contributed by atoms with Crippen LogP contribution < -0.4 is 15.1 Å². The van der Waals surface area contributed by atoms with Gasteiger partial charge in [0.2, 0.25) is 11.9 Å². The number of anilines is 1. The third-order valence-electron chi connectivity index (χ3n) is 5.35. The molecule has 3 heterocycles. The molecule has 2 aromatic heterocycles. The first-order valence-electron chi connectivity index (χ1n) is 10.8. The van der Waals surface area contributed by atoms with Crippen LogP contribution in [0.4, 0.5) is 5.95 Å². The molecule has 0 aliphatic carbocycles. The van der Waals surface area contributed by atoms with Gasteiger partial charge in [-0.2, -0.15) is 4.98 Å². The molecule has 3 aromatic rings. The lowest BCUT2D eigenvalue weighted by atomic mass is 10.1. The highest BCUT2D eigenvalue weighted by Crippen LogP contribution is 2.30. The Kier molecular flexibility index (Phi) is 6.61. The van der Waals surface area contributed by atoms with Crippen LogP contribution in [0.2, 0.25) is 0 Å². The van der Waals surface area contributed by atoms with Crippen LogP contribution in [0.1, 0.15) is 39.0 Å². The van der Waals surface area contributed by atoms with Crippen molar-refractivity contribution in [2.24, 2.45) is 0 Å². The fourth-order valence-corrected chi connectivity index (χ4v) is 3.81. The molecule has 1 fully saturated rings. The maximum Gasteiger partial charge on any atom is 0.243 e. The Bertz CT molecular complexity index is 1040. The Morgan fingerprint density at radius 3 is 2.87 bits per heavy atom. The van der Waals surface area contributed by atoms with Gasteiger partial charge < -0.3 is 14.2 Å². The molecule has 9 nitrogen and oxygen atoms in total. The zero-order chi connectivity index (χ0) is 21.6. The van der Waals surface area contributed by atoms with Crippen LogP contribution >= 0.6 is 0 Å². The van der Waals surface area contributed by atoms with E-state index in [2.05, 4.69) is 21.4 Å². The van der Waals surface area contributed by atoms with Crippen molar-refractivity contribution < 1.29 is 14.7 Å². The van der Waals surface area contributed by atoms with Crippen molar-refractivity contribution in [1.29, 1.82) is 0 Å². The molecule has 0 bridgehead atoms. The molecule has 1 saturated heterocycles. The van der Waals surface area contributed by atoms with Gasteiger partial charge in [0.1, 0.15) is 17.0 Å². The highest BCUT2D eigenvalue weighted by molar-refractivity contribution is 5.88. The van der Waals surface area contributed by atoms with Gasteiger partial charge in [0.15, 0.2) is 5.65 Å². The Morgan fingerprint density at radius 1 is 1.26 bits per heavy atom. The second-order valence-corrected chi connectivity index (χ2v) is 7.69. The molecule has 2 N–H and O–H groups in total. The van der Waals surface area contributed by atoms with Crippen LogP contribution in [-0.4, -0.2) is 50.3 Å². The average Bonchev–Trinajstić information content (AvgIpc) is 3.47. The number of carbonyl (C=O) groups is 1. The molecule has 0 radical (unpaired) electrons. The lowest BCUT2D eigenvalue weighted by Gasteiger charge is -2.17. The average molecular weight is 425 g/mol. The van der Waals surface area contributed by atoms with Gasteiger partial charge >= 0.3 is 0 Å². The zero-order valence-corrected chi connectivity index (χ0v) is 17.8. The highest BCUT2D eigenvalue weighted by atomic mass is 16.5. The Balaban J connectivity index is 1.64. The quantitative estimate of drug-likeness (QED) is 0.309. The van der Waals surface area contributed by atoms with Crippen molar-refractivity contribution >= 4 is 23.0 Å². The number of fused-ring (bicyclic) bond motifs is 1.